The molecule has 0 amide bonds. The molecule has 1 aliphatic heterocycles. The lowest BCUT2D eigenvalue weighted by atomic mass is 9.96. The Morgan fingerprint density at radius 1 is 1.50 bits per heavy atom. The summed E-state index contributed by atoms with van der Waals surface area (Å²) in [4.78, 5) is 8.80. The normalized spacial score (nSPS) is 21.2. The van der Waals surface area contributed by atoms with Crippen LogP contribution in [0.25, 0.3) is 0 Å². The summed E-state index contributed by atoms with van der Waals surface area (Å²) in [7, 11) is 0. The number of nitrogens with zero attached hydrogens (tertiary/aromatic N) is 2. The summed E-state index contributed by atoms with van der Waals surface area (Å²) in [6, 6.07) is 0. The highest BCUT2D eigenvalue weighted by Crippen LogP contribution is 2.29. The van der Waals surface area contributed by atoms with E-state index in [9.17, 15) is 0 Å². The lowest BCUT2D eigenvalue weighted by Crippen LogP contribution is -2.42. The van der Waals surface area contributed by atoms with Crippen LogP contribution in [-0.4, -0.2) is 21.4 Å². The molecular formula is C11H17N3S2. The van der Waals surface area contributed by atoms with Crippen molar-refractivity contribution in [3.63, 3.8) is 0 Å². The third-order valence-corrected chi connectivity index (χ3v) is 5.02. The van der Waals surface area contributed by atoms with Crippen molar-refractivity contribution in [2.75, 3.05) is 5.75 Å². The predicted molar refractivity (Wildman–Crippen MR) is 72.2 cm³/mol. The van der Waals surface area contributed by atoms with Crippen LogP contribution in [0.4, 0.5) is 0 Å². The Balaban J connectivity index is 1.95. The third-order valence-electron chi connectivity index (χ3n) is 3.05. The second-order valence-electron chi connectivity index (χ2n) is 3.95. The Kier molecular flexibility index (Phi) is 3.86. The first-order valence-corrected chi connectivity index (χ1v) is 7.48. The molecule has 1 N–H and O–H groups in total. The maximum Gasteiger partial charge on any atom is 0.157 e. The number of hydrogen-bond donors (Lipinski definition) is 1. The van der Waals surface area contributed by atoms with E-state index in [2.05, 4.69) is 29.1 Å². The lowest BCUT2D eigenvalue weighted by molar-refractivity contribution is 0.407. The molecule has 5 heteroatoms. The Bertz CT molecular complexity index is 355. The molecule has 16 heavy (non-hydrogen) atoms. The van der Waals surface area contributed by atoms with Crippen molar-refractivity contribution >= 4 is 28.3 Å². The van der Waals surface area contributed by atoms with Gasteiger partial charge in [0.1, 0.15) is 5.01 Å². The number of nitrogens with one attached hydrogen (secondary N) is 1. The standard InChI is InChI=1S/C11H17N3S2/c1-3-11(4-2)8-16-10(14-11)13-7-9-12-5-6-15-9/h5-6H,3-4,7-8H2,1-2H3,(H,13,14). The zero-order chi connectivity index (χ0) is 11.4. The Morgan fingerprint density at radius 3 is 2.88 bits per heavy atom. The maximum absolute atomic E-state index is 4.57. The molecule has 0 aromatic carbocycles. The van der Waals surface area contributed by atoms with E-state index in [1.54, 1.807) is 11.3 Å². The first kappa shape index (κ1) is 11.9. The van der Waals surface area contributed by atoms with Crippen LogP contribution in [-0.2, 0) is 6.54 Å². The zero-order valence-corrected chi connectivity index (χ0v) is 11.3. The van der Waals surface area contributed by atoms with Gasteiger partial charge in [-0.2, -0.15) is 0 Å². The molecule has 2 heterocycles. The van der Waals surface area contributed by atoms with E-state index >= 15 is 0 Å². The summed E-state index contributed by atoms with van der Waals surface area (Å²) in [5.41, 5.74) is 0.270. The van der Waals surface area contributed by atoms with Crippen molar-refractivity contribution in [3.8, 4) is 0 Å². The molecule has 3 nitrogen and oxygen atoms in total. The van der Waals surface area contributed by atoms with Gasteiger partial charge < -0.3 is 5.32 Å². The highest BCUT2D eigenvalue weighted by molar-refractivity contribution is 8.14. The van der Waals surface area contributed by atoms with Gasteiger partial charge in [-0.15, -0.1) is 11.3 Å². The van der Waals surface area contributed by atoms with Gasteiger partial charge in [0.15, 0.2) is 5.17 Å². The van der Waals surface area contributed by atoms with E-state index in [-0.39, 0.29) is 5.54 Å². The summed E-state index contributed by atoms with van der Waals surface area (Å²) in [5.74, 6) is 1.14. The van der Waals surface area contributed by atoms with Crippen molar-refractivity contribution in [2.45, 2.75) is 38.8 Å². The second kappa shape index (κ2) is 5.19. The molecule has 0 spiro atoms. The van der Waals surface area contributed by atoms with E-state index in [4.69, 9.17) is 0 Å². The number of aliphatic imine (C=N–C) groups is 1. The van der Waals surface area contributed by atoms with Crippen LogP contribution in [0.1, 0.15) is 31.7 Å². The van der Waals surface area contributed by atoms with Crippen LogP contribution < -0.4 is 5.32 Å². The number of thiazole rings is 1. The summed E-state index contributed by atoms with van der Waals surface area (Å²) in [5, 5.41) is 7.72. The Hall–Kier alpha value is -0.550. The van der Waals surface area contributed by atoms with Gasteiger partial charge in [-0.25, -0.2) is 4.98 Å². The van der Waals surface area contributed by atoms with Gasteiger partial charge in [-0.1, -0.05) is 25.6 Å². The van der Waals surface area contributed by atoms with E-state index in [1.165, 1.54) is 0 Å². The third kappa shape index (κ3) is 2.58. The molecule has 2 rings (SSSR count). The summed E-state index contributed by atoms with van der Waals surface area (Å²) < 4.78 is 0. The van der Waals surface area contributed by atoms with Crippen molar-refractivity contribution in [1.29, 1.82) is 0 Å². The van der Waals surface area contributed by atoms with Gasteiger partial charge in [-0.3, -0.25) is 4.99 Å². The van der Waals surface area contributed by atoms with Crippen LogP contribution in [0.15, 0.2) is 16.6 Å². The fourth-order valence-electron chi connectivity index (χ4n) is 1.69. The molecule has 1 aromatic rings. The van der Waals surface area contributed by atoms with Gasteiger partial charge in [0.2, 0.25) is 0 Å². The van der Waals surface area contributed by atoms with Crippen LogP contribution in [0.5, 0.6) is 0 Å². The quantitative estimate of drug-likeness (QED) is 0.899. The Morgan fingerprint density at radius 2 is 2.31 bits per heavy atom. The molecule has 1 aliphatic rings. The minimum atomic E-state index is 0.270. The highest BCUT2D eigenvalue weighted by atomic mass is 32.2. The van der Waals surface area contributed by atoms with Crippen LogP contribution in [0.2, 0.25) is 0 Å². The highest BCUT2D eigenvalue weighted by Gasteiger charge is 2.33. The van der Waals surface area contributed by atoms with E-state index in [0.717, 1.165) is 28.8 Å². The zero-order valence-electron chi connectivity index (χ0n) is 9.69. The molecule has 1 saturated heterocycles. The molecule has 88 valence electrons. The number of thioether (sulfide) groups is 1. The van der Waals surface area contributed by atoms with Crippen LogP contribution in [0, 0.1) is 0 Å². The summed E-state index contributed by atoms with van der Waals surface area (Å²) in [6.45, 7) is 5.18. The Labute approximate surface area is 105 Å². The summed E-state index contributed by atoms with van der Waals surface area (Å²) >= 11 is 3.50. The van der Waals surface area contributed by atoms with Gasteiger partial charge in [-0.05, 0) is 12.8 Å². The van der Waals surface area contributed by atoms with Crippen molar-refractivity contribution < 1.29 is 0 Å². The van der Waals surface area contributed by atoms with E-state index < -0.39 is 0 Å². The molecular weight excluding hydrogens is 238 g/mol. The molecule has 0 atom stereocenters. The molecule has 0 bridgehead atoms. The minimum absolute atomic E-state index is 0.270. The molecule has 1 fully saturated rings. The molecule has 1 aromatic heterocycles. The fraction of sp³-hybridized carbons (Fsp3) is 0.636. The average Bonchev–Trinajstić information content (AvgIpc) is 2.96. The second-order valence-corrected chi connectivity index (χ2v) is 5.89. The van der Waals surface area contributed by atoms with Crippen LogP contribution >= 0.6 is 23.1 Å². The predicted octanol–water partition coefficient (Wildman–Crippen LogP) is 2.89. The summed E-state index contributed by atoms with van der Waals surface area (Å²) in [6.07, 6.45) is 4.15. The van der Waals surface area contributed by atoms with Gasteiger partial charge in [0, 0.05) is 22.9 Å². The van der Waals surface area contributed by atoms with Crippen molar-refractivity contribution in [1.82, 2.24) is 10.3 Å². The lowest BCUT2D eigenvalue weighted by Gasteiger charge is -2.25. The van der Waals surface area contributed by atoms with Gasteiger partial charge in [0.05, 0.1) is 6.54 Å². The number of aromatic nitrogens is 1. The first-order chi connectivity index (χ1) is 7.78. The van der Waals surface area contributed by atoms with Crippen LogP contribution in [0.3, 0.4) is 0 Å². The van der Waals surface area contributed by atoms with E-state index in [1.807, 2.05) is 23.3 Å². The van der Waals surface area contributed by atoms with Gasteiger partial charge >= 0.3 is 0 Å². The molecule has 0 aliphatic carbocycles. The smallest absolute Gasteiger partial charge is 0.157 e. The monoisotopic (exact) mass is 255 g/mol. The van der Waals surface area contributed by atoms with Crippen molar-refractivity contribution in [3.05, 3.63) is 16.6 Å². The average molecular weight is 255 g/mol. The number of rotatable bonds is 4. The first-order valence-electron chi connectivity index (χ1n) is 5.62. The number of hydrogen-bond acceptors (Lipinski definition) is 4. The number of amidine groups is 1. The topological polar surface area (TPSA) is 37.3 Å². The minimum Gasteiger partial charge on any atom is -0.359 e. The van der Waals surface area contributed by atoms with E-state index in [0.29, 0.717) is 6.54 Å². The molecule has 0 saturated carbocycles. The van der Waals surface area contributed by atoms with Gasteiger partial charge in [0.25, 0.3) is 0 Å². The molecule has 0 radical (unpaired) electrons. The maximum atomic E-state index is 4.57. The molecule has 0 unspecified atom stereocenters. The fourth-order valence-corrected chi connectivity index (χ4v) is 3.57. The largest absolute Gasteiger partial charge is 0.359 e. The van der Waals surface area contributed by atoms with Crippen molar-refractivity contribution in [2.24, 2.45) is 4.99 Å². The SMILES string of the molecule is CCC1(CC)CSC(=NCc2nccs2)N1.